The Bertz CT molecular complexity index is 485. The Balaban J connectivity index is 1.80. The zero-order chi connectivity index (χ0) is 16.7. The van der Waals surface area contributed by atoms with Gasteiger partial charge in [0.25, 0.3) is 0 Å². The van der Waals surface area contributed by atoms with Crippen LogP contribution in [-0.4, -0.2) is 58.9 Å². The molecule has 0 spiro atoms. The Labute approximate surface area is 140 Å². The lowest BCUT2D eigenvalue weighted by atomic mass is 10.0. The molecule has 0 atom stereocenters. The summed E-state index contributed by atoms with van der Waals surface area (Å²) in [6.45, 7) is 10.7. The van der Waals surface area contributed by atoms with Gasteiger partial charge in [-0.15, -0.1) is 0 Å². The first-order chi connectivity index (χ1) is 11.1. The third-order valence-electron chi connectivity index (χ3n) is 4.37. The van der Waals surface area contributed by atoms with Crippen molar-refractivity contribution in [3.8, 4) is 0 Å². The SMILES string of the molecule is CCNC(=NCCc1cnn(C)c1)NC1CCN(C(C)C)CC1. The Morgan fingerprint density at radius 2 is 2.13 bits per heavy atom. The van der Waals surface area contributed by atoms with Crippen LogP contribution < -0.4 is 10.6 Å². The molecule has 0 bridgehead atoms. The van der Waals surface area contributed by atoms with Crippen molar-refractivity contribution in [1.82, 2.24) is 25.3 Å². The predicted molar refractivity (Wildman–Crippen MR) is 95.8 cm³/mol. The minimum absolute atomic E-state index is 0.529. The number of aliphatic imine (C=N–C) groups is 1. The molecule has 1 aliphatic rings. The Morgan fingerprint density at radius 1 is 1.39 bits per heavy atom. The van der Waals surface area contributed by atoms with Gasteiger partial charge in [-0.1, -0.05) is 0 Å². The van der Waals surface area contributed by atoms with Crippen molar-refractivity contribution in [2.45, 2.75) is 52.1 Å². The van der Waals surface area contributed by atoms with E-state index in [0.29, 0.717) is 12.1 Å². The number of nitrogens with one attached hydrogen (secondary N) is 2. The largest absolute Gasteiger partial charge is 0.357 e. The number of guanidine groups is 1. The molecule has 2 N–H and O–H groups in total. The van der Waals surface area contributed by atoms with Gasteiger partial charge in [-0.25, -0.2) is 0 Å². The van der Waals surface area contributed by atoms with E-state index in [2.05, 4.69) is 47.6 Å². The number of nitrogens with zero attached hydrogens (tertiary/aromatic N) is 4. The number of hydrogen-bond acceptors (Lipinski definition) is 3. The molecule has 0 aromatic carbocycles. The summed E-state index contributed by atoms with van der Waals surface area (Å²) in [5, 5.41) is 11.2. The quantitative estimate of drug-likeness (QED) is 0.614. The van der Waals surface area contributed by atoms with E-state index >= 15 is 0 Å². The first-order valence-corrected chi connectivity index (χ1v) is 8.85. The van der Waals surface area contributed by atoms with Crippen molar-refractivity contribution in [3.63, 3.8) is 0 Å². The van der Waals surface area contributed by atoms with E-state index in [1.165, 1.54) is 31.5 Å². The van der Waals surface area contributed by atoms with Crippen LogP contribution in [0.4, 0.5) is 0 Å². The minimum Gasteiger partial charge on any atom is -0.357 e. The van der Waals surface area contributed by atoms with Crippen molar-refractivity contribution >= 4 is 5.96 Å². The topological polar surface area (TPSA) is 57.5 Å². The summed E-state index contributed by atoms with van der Waals surface area (Å²) in [5.74, 6) is 0.944. The summed E-state index contributed by atoms with van der Waals surface area (Å²) in [7, 11) is 1.95. The average molecular weight is 320 g/mol. The van der Waals surface area contributed by atoms with Crippen LogP contribution in [-0.2, 0) is 13.5 Å². The second-order valence-corrected chi connectivity index (χ2v) is 6.58. The summed E-state index contributed by atoms with van der Waals surface area (Å²) in [5.41, 5.74) is 1.23. The second-order valence-electron chi connectivity index (χ2n) is 6.58. The van der Waals surface area contributed by atoms with Crippen LogP contribution in [0.1, 0.15) is 39.2 Å². The maximum absolute atomic E-state index is 4.71. The molecule has 1 fully saturated rings. The summed E-state index contributed by atoms with van der Waals surface area (Å²) in [6.07, 6.45) is 7.27. The molecule has 2 rings (SSSR count). The van der Waals surface area contributed by atoms with E-state index in [-0.39, 0.29) is 0 Å². The first-order valence-electron chi connectivity index (χ1n) is 8.85. The van der Waals surface area contributed by atoms with Crippen molar-refractivity contribution in [2.75, 3.05) is 26.2 Å². The molecular weight excluding hydrogens is 288 g/mol. The van der Waals surface area contributed by atoms with Gasteiger partial charge in [-0.2, -0.15) is 5.10 Å². The molecule has 0 amide bonds. The Morgan fingerprint density at radius 3 is 2.70 bits per heavy atom. The summed E-state index contributed by atoms with van der Waals surface area (Å²) in [6, 6.07) is 1.18. The van der Waals surface area contributed by atoms with Crippen LogP contribution in [0.5, 0.6) is 0 Å². The molecule has 130 valence electrons. The lowest BCUT2D eigenvalue weighted by Crippen LogP contribution is -2.49. The molecule has 0 aliphatic carbocycles. The molecule has 1 aromatic rings. The normalized spacial score (nSPS) is 17.7. The standard InChI is InChI=1S/C17H32N6/c1-5-18-17(19-9-6-15-12-20-22(4)13-15)21-16-7-10-23(11-8-16)14(2)3/h12-14,16H,5-11H2,1-4H3,(H2,18,19,21). The minimum atomic E-state index is 0.529. The van der Waals surface area contributed by atoms with Crippen molar-refractivity contribution < 1.29 is 0 Å². The van der Waals surface area contributed by atoms with Crippen molar-refractivity contribution in [3.05, 3.63) is 18.0 Å². The zero-order valence-electron chi connectivity index (χ0n) is 15.0. The van der Waals surface area contributed by atoms with E-state index in [0.717, 1.165) is 25.5 Å². The number of likely N-dealkylation sites (tertiary alicyclic amines) is 1. The molecule has 2 heterocycles. The fourth-order valence-corrected chi connectivity index (χ4v) is 2.97. The monoisotopic (exact) mass is 320 g/mol. The molecule has 1 saturated heterocycles. The predicted octanol–water partition coefficient (Wildman–Crippen LogP) is 1.39. The molecule has 6 nitrogen and oxygen atoms in total. The van der Waals surface area contributed by atoms with E-state index in [1.807, 2.05) is 17.9 Å². The lowest BCUT2D eigenvalue weighted by Gasteiger charge is -2.35. The number of hydrogen-bond donors (Lipinski definition) is 2. The second kappa shape index (κ2) is 8.91. The van der Waals surface area contributed by atoms with Crippen LogP contribution in [0.2, 0.25) is 0 Å². The van der Waals surface area contributed by atoms with Crippen LogP contribution >= 0.6 is 0 Å². The summed E-state index contributed by atoms with van der Waals surface area (Å²) < 4.78 is 1.84. The molecular formula is C17H32N6. The fraction of sp³-hybridized carbons (Fsp3) is 0.765. The highest BCUT2D eigenvalue weighted by Gasteiger charge is 2.21. The van der Waals surface area contributed by atoms with Crippen LogP contribution in [0.15, 0.2) is 17.4 Å². The van der Waals surface area contributed by atoms with Crippen LogP contribution in [0, 0.1) is 0 Å². The maximum Gasteiger partial charge on any atom is 0.191 e. The van der Waals surface area contributed by atoms with E-state index in [1.54, 1.807) is 0 Å². The Hall–Kier alpha value is -1.56. The van der Waals surface area contributed by atoms with Gasteiger partial charge in [0.05, 0.1) is 6.20 Å². The molecule has 0 radical (unpaired) electrons. The van der Waals surface area contributed by atoms with Gasteiger partial charge in [0, 0.05) is 51.5 Å². The molecule has 1 aromatic heterocycles. The summed E-state index contributed by atoms with van der Waals surface area (Å²) in [4.78, 5) is 7.26. The van der Waals surface area contributed by atoms with Crippen molar-refractivity contribution in [1.29, 1.82) is 0 Å². The van der Waals surface area contributed by atoms with Gasteiger partial charge in [0.15, 0.2) is 5.96 Å². The van der Waals surface area contributed by atoms with Gasteiger partial charge in [0.1, 0.15) is 0 Å². The summed E-state index contributed by atoms with van der Waals surface area (Å²) >= 11 is 0. The molecule has 6 heteroatoms. The smallest absolute Gasteiger partial charge is 0.191 e. The highest BCUT2D eigenvalue weighted by molar-refractivity contribution is 5.80. The van der Waals surface area contributed by atoms with E-state index in [9.17, 15) is 0 Å². The van der Waals surface area contributed by atoms with Gasteiger partial charge in [-0.3, -0.25) is 9.67 Å². The highest BCUT2D eigenvalue weighted by Crippen LogP contribution is 2.12. The maximum atomic E-state index is 4.71. The van der Waals surface area contributed by atoms with Crippen LogP contribution in [0.3, 0.4) is 0 Å². The van der Waals surface area contributed by atoms with Gasteiger partial charge in [-0.05, 0) is 45.6 Å². The fourth-order valence-electron chi connectivity index (χ4n) is 2.97. The van der Waals surface area contributed by atoms with Gasteiger partial charge < -0.3 is 15.5 Å². The zero-order valence-corrected chi connectivity index (χ0v) is 15.0. The average Bonchev–Trinajstić information content (AvgIpc) is 2.93. The van der Waals surface area contributed by atoms with Crippen LogP contribution in [0.25, 0.3) is 0 Å². The number of piperidine rings is 1. The third-order valence-corrected chi connectivity index (χ3v) is 4.37. The Kier molecular flexibility index (Phi) is 6.89. The third kappa shape index (κ3) is 5.86. The molecule has 23 heavy (non-hydrogen) atoms. The number of aromatic nitrogens is 2. The molecule has 1 aliphatic heterocycles. The number of aryl methyl sites for hydroxylation is 1. The van der Waals surface area contributed by atoms with E-state index in [4.69, 9.17) is 4.99 Å². The van der Waals surface area contributed by atoms with Gasteiger partial charge in [0.2, 0.25) is 0 Å². The molecule has 0 saturated carbocycles. The van der Waals surface area contributed by atoms with E-state index < -0.39 is 0 Å². The molecule has 0 unspecified atom stereocenters. The van der Waals surface area contributed by atoms with Crippen molar-refractivity contribution in [2.24, 2.45) is 12.0 Å². The number of rotatable bonds is 6. The van der Waals surface area contributed by atoms with Gasteiger partial charge >= 0.3 is 0 Å². The highest BCUT2D eigenvalue weighted by atomic mass is 15.2. The first kappa shape index (κ1) is 17.8. The lowest BCUT2D eigenvalue weighted by molar-refractivity contribution is 0.167.